The van der Waals surface area contributed by atoms with Gasteiger partial charge in [-0.1, -0.05) is 17.7 Å². The minimum Gasteiger partial charge on any atom is -0.363 e. The van der Waals surface area contributed by atoms with Gasteiger partial charge >= 0.3 is 6.18 Å². The molecule has 0 N–H and O–H groups in total. The highest BCUT2D eigenvalue weighted by Crippen LogP contribution is 2.31. The lowest BCUT2D eigenvalue weighted by atomic mass is 10.1. The van der Waals surface area contributed by atoms with E-state index in [1.54, 1.807) is 30.0 Å². The highest BCUT2D eigenvalue weighted by atomic mass is 19.4. The smallest absolute Gasteiger partial charge is 0.363 e. The topological polar surface area (TPSA) is 52.6 Å². The Kier molecular flexibility index (Phi) is 5.95. The predicted octanol–water partition coefficient (Wildman–Crippen LogP) is 3.22. The Morgan fingerprint density at radius 3 is 2.48 bits per heavy atom. The van der Waals surface area contributed by atoms with E-state index in [1.807, 2.05) is 25.1 Å². The van der Waals surface area contributed by atoms with Crippen molar-refractivity contribution in [3.05, 3.63) is 47.2 Å². The number of aromatic nitrogens is 2. The normalized spacial score (nSPS) is 15.2. The summed E-state index contributed by atoms with van der Waals surface area (Å²) in [5.41, 5.74) is 0.646. The average molecular weight is 407 g/mol. The monoisotopic (exact) mass is 407 g/mol. The quantitative estimate of drug-likeness (QED) is 0.782. The van der Waals surface area contributed by atoms with E-state index in [4.69, 9.17) is 0 Å². The molecule has 0 bridgehead atoms. The van der Waals surface area contributed by atoms with Crippen LogP contribution in [0.1, 0.15) is 28.0 Å². The third-order valence-corrected chi connectivity index (χ3v) is 4.78. The Morgan fingerprint density at radius 2 is 1.83 bits per heavy atom. The predicted molar refractivity (Wildman–Crippen MR) is 105 cm³/mol. The van der Waals surface area contributed by atoms with Crippen LogP contribution in [0.3, 0.4) is 0 Å². The van der Waals surface area contributed by atoms with Crippen molar-refractivity contribution in [3.8, 4) is 0 Å². The van der Waals surface area contributed by atoms with Crippen LogP contribution in [-0.2, 0) is 6.18 Å². The van der Waals surface area contributed by atoms with E-state index < -0.39 is 11.9 Å². The fourth-order valence-electron chi connectivity index (χ4n) is 3.22. The Bertz CT molecular complexity index is 885. The minimum absolute atomic E-state index is 0.0355. The number of carbonyl (C=O) groups is 1. The van der Waals surface area contributed by atoms with Crippen LogP contribution < -0.4 is 9.80 Å². The first-order chi connectivity index (χ1) is 13.6. The van der Waals surface area contributed by atoms with Crippen molar-refractivity contribution in [2.45, 2.75) is 19.5 Å². The minimum atomic E-state index is -4.55. The van der Waals surface area contributed by atoms with Crippen LogP contribution in [0.4, 0.5) is 24.9 Å². The van der Waals surface area contributed by atoms with Gasteiger partial charge in [0.25, 0.3) is 5.91 Å². The maximum atomic E-state index is 13.3. The molecular formula is C20H24F3N5O. The molecule has 9 heteroatoms. The maximum Gasteiger partial charge on any atom is 0.433 e. The highest BCUT2D eigenvalue weighted by Gasteiger charge is 2.34. The molecule has 1 aromatic carbocycles. The van der Waals surface area contributed by atoms with Crippen molar-refractivity contribution in [2.75, 3.05) is 50.1 Å². The molecule has 0 saturated carbocycles. The van der Waals surface area contributed by atoms with Crippen LogP contribution in [0, 0.1) is 6.92 Å². The molecule has 3 rings (SSSR count). The van der Waals surface area contributed by atoms with Gasteiger partial charge in [-0.05, 0) is 25.5 Å². The Labute approximate surface area is 168 Å². The number of hydrogen-bond acceptors (Lipinski definition) is 5. The second kappa shape index (κ2) is 8.26. The fraction of sp³-hybridized carbons (Fsp3) is 0.450. The molecule has 1 aliphatic rings. The van der Waals surface area contributed by atoms with Crippen LogP contribution >= 0.6 is 0 Å². The molecule has 0 unspecified atom stereocenters. The van der Waals surface area contributed by atoms with E-state index in [0.29, 0.717) is 38.2 Å². The average Bonchev–Trinajstić information content (AvgIpc) is 2.92. The number of amides is 1. The van der Waals surface area contributed by atoms with Gasteiger partial charge in [-0.15, -0.1) is 0 Å². The van der Waals surface area contributed by atoms with Gasteiger partial charge in [0.1, 0.15) is 5.82 Å². The van der Waals surface area contributed by atoms with Gasteiger partial charge in [0.15, 0.2) is 5.69 Å². The third kappa shape index (κ3) is 4.96. The van der Waals surface area contributed by atoms with Crippen molar-refractivity contribution in [1.82, 2.24) is 14.9 Å². The van der Waals surface area contributed by atoms with E-state index in [1.165, 1.54) is 4.90 Å². The van der Waals surface area contributed by atoms with E-state index in [2.05, 4.69) is 9.97 Å². The standard InChI is InChI=1S/C20H24F3N5O/c1-14-6-4-7-15(12-14)18(29)27-8-5-9-28(11-10-27)19-24-16(20(21,22)23)13-17(25-19)26(2)3/h4,6-7,12-13H,5,8-11H2,1-3H3. The summed E-state index contributed by atoms with van der Waals surface area (Å²) in [7, 11) is 3.27. The molecule has 1 fully saturated rings. The van der Waals surface area contributed by atoms with Crippen LogP contribution in [0.25, 0.3) is 0 Å². The summed E-state index contributed by atoms with van der Waals surface area (Å²) < 4.78 is 39.8. The zero-order chi connectivity index (χ0) is 21.2. The summed E-state index contributed by atoms with van der Waals surface area (Å²) >= 11 is 0. The number of alkyl halides is 3. The molecule has 2 aromatic rings. The Hall–Kier alpha value is -2.84. The van der Waals surface area contributed by atoms with Crippen molar-refractivity contribution in [3.63, 3.8) is 0 Å². The second-order valence-electron chi connectivity index (χ2n) is 7.31. The first kappa shape index (κ1) is 20.9. The lowest BCUT2D eigenvalue weighted by Crippen LogP contribution is -2.36. The van der Waals surface area contributed by atoms with E-state index >= 15 is 0 Å². The molecule has 6 nitrogen and oxygen atoms in total. The molecule has 0 spiro atoms. The number of carbonyl (C=O) groups excluding carboxylic acids is 1. The van der Waals surface area contributed by atoms with Crippen LogP contribution in [0.5, 0.6) is 0 Å². The molecule has 0 radical (unpaired) electrons. The number of rotatable bonds is 3. The van der Waals surface area contributed by atoms with E-state index in [0.717, 1.165) is 11.6 Å². The van der Waals surface area contributed by atoms with Crippen LogP contribution in [0.2, 0.25) is 0 Å². The number of hydrogen-bond donors (Lipinski definition) is 0. The summed E-state index contributed by atoms with van der Waals surface area (Å²) in [5.74, 6) is 0.155. The largest absolute Gasteiger partial charge is 0.433 e. The van der Waals surface area contributed by atoms with Gasteiger partial charge in [-0.3, -0.25) is 4.79 Å². The number of nitrogens with zero attached hydrogens (tertiary/aromatic N) is 5. The maximum absolute atomic E-state index is 13.3. The summed E-state index contributed by atoms with van der Waals surface area (Å²) in [4.78, 5) is 25.8. The van der Waals surface area contributed by atoms with E-state index in [9.17, 15) is 18.0 Å². The first-order valence-corrected chi connectivity index (χ1v) is 9.39. The SMILES string of the molecule is Cc1cccc(C(=O)N2CCCN(c3nc(N(C)C)cc(C(F)(F)F)n3)CC2)c1. The van der Waals surface area contributed by atoms with Gasteiger partial charge < -0.3 is 14.7 Å². The Balaban J connectivity index is 1.80. The summed E-state index contributed by atoms with van der Waals surface area (Å²) in [5, 5.41) is 0. The zero-order valence-electron chi connectivity index (χ0n) is 16.7. The number of aryl methyl sites for hydroxylation is 1. The first-order valence-electron chi connectivity index (χ1n) is 9.39. The molecule has 0 aliphatic carbocycles. The number of benzene rings is 1. The van der Waals surface area contributed by atoms with Crippen molar-refractivity contribution >= 4 is 17.7 Å². The van der Waals surface area contributed by atoms with Gasteiger partial charge in [0.05, 0.1) is 0 Å². The fourth-order valence-corrected chi connectivity index (χ4v) is 3.22. The van der Waals surface area contributed by atoms with Gasteiger partial charge in [0, 0.05) is 51.9 Å². The van der Waals surface area contributed by atoms with Gasteiger partial charge in [-0.2, -0.15) is 18.2 Å². The zero-order valence-corrected chi connectivity index (χ0v) is 16.7. The molecule has 1 aromatic heterocycles. The molecule has 1 aliphatic heterocycles. The van der Waals surface area contributed by atoms with Crippen molar-refractivity contribution in [1.29, 1.82) is 0 Å². The number of halogens is 3. The summed E-state index contributed by atoms with van der Waals surface area (Å²) in [6.07, 6.45) is -3.93. The molecule has 0 atom stereocenters. The molecule has 1 saturated heterocycles. The number of anilines is 2. The van der Waals surface area contributed by atoms with Crippen molar-refractivity contribution < 1.29 is 18.0 Å². The van der Waals surface area contributed by atoms with Crippen LogP contribution in [0.15, 0.2) is 30.3 Å². The molecule has 29 heavy (non-hydrogen) atoms. The van der Waals surface area contributed by atoms with E-state index in [-0.39, 0.29) is 17.7 Å². The van der Waals surface area contributed by atoms with Crippen molar-refractivity contribution in [2.24, 2.45) is 0 Å². The summed E-state index contributed by atoms with van der Waals surface area (Å²) in [6.45, 7) is 3.69. The Morgan fingerprint density at radius 1 is 1.07 bits per heavy atom. The summed E-state index contributed by atoms with van der Waals surface area (Å²) in [6, 6.07) is 8.32. The second-order valence-corrected chi connectivity index (χ2v) is 7.31. The van der Waals surface area contributed by atoms with Gasteiger partial charge in [0.2, 0.25) is 5.95 Å². The van der Waals surface area contributed by atoms with Gasteiger partial charge in [-0.25, -0.2) is 4.98 Å². The highest BCUT2D eigenvalue weighted by molar-refractivity contribution is 5.94. The lowest BCUT2D eigenvalue weighted by molar-refractivity contribution is -0.141. The molecule has 1 amide bonds. The molecular weight excluding hydrogens is 383 g/mol. The third-order valence-electron chi connectivity index (χ3n) is 4.78. The molecule has 2 heterocycles. The lowest BCUT2D eigenvalue weighted by Gasteiger charge is -2.24. The van der Waals surface area contributed by atoms with Crippen LogP contribution in [-0.4, -0.2) is 61.0 Å². The molecule has 156 valence electrons.